The molecule has 46 heteroatoms. The molecular weight excluding hydrogens is 1080 g/mol. The van der Waals surface area contributed by atoms with E-state index < -0.39 is 125 Å². The second-order valence-corrected chi connectivity index (χ2v) is 14.8. The molecule has 0 aliphatic rings. The maximum atomic E-state index is 14.9. The summed E-state index contributed by atoms with van der Waals surface area (Å²) in [6, 6.07) is -9.43. The van der Waals surface area contributed by atoms with E-state index in [9.17, 15) is 175 Å². The number of hydrogen-bond donors (Lipinski definition) is 1. The van der Waals surface area contributed by atoms with E-state index in [0.717, 1.165) is 13.3 Å². The van der Waals surface area contributed by atoms with Gasteiger partial charge in [-0.25, -0.2) is 8.42 Å². The van der Waals surface area contributed by atoms with E-state index in [1.165, 1.54) is 0 Å². The maximum Gasteiger partial charge on any atom is 0.595 e. The third-order valence-electron chi connectivity index (χ3n) is 6.24. The van der Waals surface area contributed by atoms with Crippen molar-refractivity contribution < 1.29 is 189 Å². The van der Waals surface area contributed by atoms with Crippen LogP contribution >= 0.6 is 0 Å². The first-order chi connectivity index (χ1) is 26.3. The van der Waals surface area contributed by atoms with Crippen LogP contribution in [0.5, 0.6) is 0 Å². The van der Waals surface area contributed by atoms with E-state index in [1.807, 2.05) is 0 Å². The third-order valence-corrected chi connectivity index (χ3v) is 10.4. The van der Waals surface area contributed by atoms with E-state index in [1.54, 1.807) is 0 Å². The molecule has 0 spiro atoms. The summed E-state index contributed by atoms with van der Waals surface area (Å²) in [6.45, 7) is 0. The fourth-order valence-corrected chi connectivity index (χ4v) is 6.41. The molecular formula is C17HF38NO5SSi. The van der Waals surface area contributed by atoms with Gasteiger partial charge in [0.05, 0.1) is 0 Å². The standard InChI is InChI=1S/C17HF38NO5SSi/c18-1(19,3(22,23)5(26,27)8(32,33)34)2(20,21)4(24,25)6(28,29)16(52,53)62(57,58)56-12(44,45)7(30,31)17(54,55)63(59-13(46,47)9(35,36)37,60-14(48,49)10(38,39)40)61-15(50,51)11(41,42)43/h56H. The molecule has 0 fully saturated rings. The van der Waals surface area contributed by atoms with Crippen LogP contribution in [0.15, 0.2) is 0 Å². The Labute approximate surface area is 314 Å². The fraction of sp³-hybridized carbons (Fsp3) is 1.00. The first-order valence-electron chi connectivity index (χ1n) is 12.6. The van der Waals surface area contributed by atoms with Crippen molar-refractivity contribution in [3.05, 3.63) is 0 Å². The highest BCUT2D eigenvalue weighted by molar-refractivity contribution is 7.90. The Kier molecular flexibility index (Phi) is 14.5. The molecule has 1 N–H and O–H groups in total. The van der Waals surface area contributed by atoms with Crippen molar-refractivity contribution in [2.75, 3.05) is 0 Å². The summed E-state index contributed by atoms with van der Waals surface area (Å²) in [6.07, 6.45) is -60.1. The van der Waals surface area contributed by atoms with Crippen LogP contribution in [-0.4, -0.2) is 119 Å². The van der Waals surface area contributed by atoms with Gasteiger partial charge in [0.25, 0.3) is 10.0 Å². The van der Waals surface area contributed by atoms with Crippen molar-refractivity contribution in [2.45, 2.75) is 101 Å². The lowest BCUT2D eigenvalue weighted by atomic mass is 9.91. The molecule has 0 aliphatic heterocycles. The zero-order chi connectivity index (χ0) is 52.3. The van der Waals surface area contributed by atoms with Crippen LogP contribution in [0.2, 0.25) is 0 Å². The summed E-state index contributed by atoms with van der Waals surface area (Å²) in [4.78, 5) is 0. The molecule has 0 aromatic carbocycles. The number of rotatable bonds is 18. The Balaban J connectivity index is 8.32. The van der Waals surface area contributed by atoms with Crippen LogP contribution in [0.25, 0.3) is 0 Å². The van der Waals surface area contributed by atoms with Gasteiger partial charge in [-0.3, -0.25) is 0 Å². The largest absolute Gasteiger partial charge is 0.595 e. The molecule has 0 amide bonds. The fourth-order valence-electron chi connectivity index (χ4n) is 2.94. The lowest BCUT2D eigenvalue weighted by Gasteiger charge is -2.44. The number of halogens is 38. The average Bonchev–Trinajstić information content (AvgIpc) is 2.96. The van der Waals surface area contributed by atoms with Crippen LogP contribution < -0.4 is 4.72 Å². The van der Waals surface area contributed by atoms with Gasteiger partial charge in [-0.2, -0.15) is 167 Å². The molecule has 63 heavy (non-hydrogen) atoms. The molecule has 0 saturated carbocycles. The van der Waals surface area contributed by atoms with Crippen LogP contribution in [0.4, 0.5) is 167 Å². The van der Waals surface area contributed by atoms with Crippen LogP contribution in [-0.2, 0) is 23.3 Å². The first-order valence-corrected chi connectivity index (χ1v) is 15.9. The van der Waals surface area contributed by atoms with Gasteiger partial charge in [0.1, 0.15) is 0 Å². The Morgan fingerprint density at radius 3 is 0.746 bits per heavy atom. The molecule has 0 heterocycles. The molecule has 0 aromatic heterocycles. The van der Waals surface area contributed by atoms with Gasteiger partial charge < -0.3 is 13.3 Å². The monoisotopic (exact) mass is 1080 g/mol. The van der Waals surface area contributed by atoms with Crippen molar-refractivity contribution in [1.82, 2.24) is 4.72 Å². The van der Waals surface area contributed by atoms with E-state index in [-0.39, 0.29) is 0 Å². The summed E-state index contributed by atoms with van der Waals surface area (Å²) in [5, 5.41) is -9.65. The van der Waals surface area contributed by atoms with Gasteiger partial charge in [-0.1, -0.05) is 0 Å². The van der Waals surface area contributed by atoms with E-state index in [4.69, 9.17) is 0 Å². The second kappa shape index (κ2) is 15.2. The molecule has 0 saturated heterocycles. The maximum absolute atomic E-state index is 14.9. The zero-order valence-electron chi connectivity index (χ0n) is 26.3. The molecule has 0 atom stereocenters. The molecule has 6 nitrogen and oxygen atoms in total. The Bertz CT molecular complexity index is 1680. The lowest BCUT2D eigenvalue weighted by molar-refractivity contribution is -0.458. The summed E-state index contributed by atoms with van der Waals surface area (Å²) >= 11 is 0. The number of alkyl halides is 38. The highest BCUT2D eigenvalue weighted by atomic mass is 32.2. The molecule has 380 valence electrons. The van der Waals surface area contributed by atoms with Gasteiger partial charge in [0.2, 0.25) is 0 Å². The van der Waals surface area contributed by atoms with Crippen molar-refractivity contribution in [1.29, 1.82) is 0 Å². The van der Waals surface area contributed by atoms with Crippen LogP contribution in [0.1, 0.15) is 0 Å². The van der Waals surface area contributed by atoms with Gasteiger partial charge in [-0.15, -0.1) is 4.72 Å². The summed E-state index contributed by atoms with van der Waals surface area (Å²) in [5.74, 6) is -67.8. The number of sulfonamides is 1. The lowest BCUT2D eigenvalue weighted by Crippen LogP contribution is -2.79. The van der Waals surface area contributed by atoms with Crippen molar-refractivity contribution in [3.8, 4) is 0 Å². The van der Waals surface area contributed by atoms with E-state index in [2.05, 4.69) is 0 Å². The molecule has 0 rings (SSSR count). The van der Waals surface area contributed by atoms with Crippen molar-refractivity contribution in [3.63, 3.8) is 0 Å². The first kappa shape index (κ1) is 60.3. The van der Waals surface area contributed by atoms with E-state index >= 15 is 0 Å². The number of hydrogen-bond acceptors (Lipinski definition) is 5. The van der Waals surface area contributed by atoms with Gasteiger partial charge in [-0.05, 0) is 0 Å². The van der Waals surface area contributed by atoms with Crippen LogP contribution in [0, 0.1) is 0 Å². The molecule has 0 aromatic rings. The predicted octanol–water partition coefficient (Wildman–Crippen LogP) is 10.7. The highest BCUT2D eigenvalue weighted by Crippen LogP contribution is 2.65. The Morgan fingerprint density at radius 2 is 0.524 bits per heavy atom. The van der Waals surface area contributed by atoms with Gasteiger partial charge in [0, 0.05) is 0 Å². The van der Waals surface area contributed by atoms with Gasteiger partial charge >= 0.3 is 110 Å². The minimum Gasteiger partial charge on any atom is -0.302 e. The van der Waals surface area contributed by atoms with E-state index in [0.29, 0.717) is 0 Å². The Hall–Kier alpha value is -2.65. The quantitative estimate of drug-likeness (QED) is 0.0841. The normalized spacial score (nSPS) is 17.1. The second-order valence-electron chi connectivity index (χ2n) is 10.7. The highest BCUT2D eigenvalue weighted by Gasteiger charge is 2.97. The minimum atomic E-state index is -11.8. The minimum absolute atomic E-state index is 1.07. The third kappa shape index (κ3) is 8.99. The SMILES string of the molecule is O=S(=O)(NC(F)(F)C(F)(F)C(F)(F)[Si](OC(F)(F)C(F)(F)F)(OC(F)(F)C(F)(F)F)OC(F)(F)C(F)(F)F)C(F)(F)C(F)(F)C(F)(F)C(F)(F)C(F)(F)C(F)(F)C(F)(F)C(F)(F)F. The average molecular weight is 1080 g/mol. The molecule has 0 radical (unpaired) electrons. The summed E-state index contributed by atoms with van der Waals surface area (Å²) in [7, 11) is -22.1. The Morgan fingerprint density at radius 1 is 0.302 bits per heavy atom. The van der Waals surface area contributed by atoms with Crippen molar-refractivity contribution in [2.24, 2.45) is 0 Å². The van der Waals surface area contributed by atoms with Gasteiger partial charge in [0.15, 0.2) is 0 Å². The number of nitrogens with one attached hydrogen (secondary N) is 1. The molecule has 0 unspecified atom stereocenters. The smallest absolute Gasteiger partial charge is 0.302 e. The zero-order valence-corrected chi connectivity index (χ0v) is 28.1. The topological polar surface area (TPSA) is 73.9 Å². The summed E-state index contributed by atoms with van der Waals surface area (Å²) < 4.78 is 533. The molecule has 0 bridgehead atoms. The van der Waals surface area contributed by atoms with Crippen LogP contribution in [0.3, 0.4) is 0 Å². The summed E-state index contributed by atoms with van der Waals surface area (Å²) in [5.41, 5.74) is -9.95. The van der Waals surface area contributed by atoms with Crippen molar-refractivity contribution >= 4 is 18.8 Å². The molecule has 0 aliphatic carbocycles. The predicted molar refractivity (Wildman–Crippen MR) is 110 cm³/mol.